The molecule has 2 aromatic rings. The van der Waals surface area contributed by atoms with Gasteiger partial charge in [-0.25, -0.2) is 5.43 Å². The summed E-state index contributed by atoms with van der Waals surface area (Å²) >= 11 is 0. The van der Waals surface area contributed by atoms with E-state index >= 15 is 0 Å². The Labute approximate surface area is 151 Å². The number of non-ortho nitro benzene ring substituents is 1. The maximum atomic E-state index is 11.9. The summed E-state index contributed by atoms with van der Waals surface area (Å²) in [5.41, 5.74) is 4.91. The third-order valence-corrected chi connectivity index (χ3v) is 3.63. The predicted molar refractivity (Wildman–Crippen MR) is 99.6 cm³/mol. The Morgan fingerprint density at radius 3 is 2.77 bits per heavy atom. The smallest absolute Gasteiger partial charge is 0.277 e. The lowest BCUT2D eigenvalue weighted by atomic mass is 10.0. The first-order valence-electron chi connectivity index (χ1n) is 8.16. The van der Waals surface area contributed by atoms with Gasteiger partial charge in [0, 0.05) is 17.7 Å². The highest BCUT2D eigenvalue weighted by molar-refractivity contribution is 5.83. The van der Waals surface area contributed by atoms with Crippen LogP contribution in [0.3, 0.4) is 0 Å². The number of carbonyl (C=O) groups excluding carboxylic acids is 1. The Morgan fingerprint density at radius 2 is 2.08 bits per heavy atom. The number of aryl methyl sites for hydroxylation is 1. The molecule has 0 atom stereocenters. The molecule has 0 unspecified atom stereocenters. The van der Waals surface area contributed by atoms with E-state index in [0.717, 1.165) is 11.1 Å². The van der Waals surface area contributed by atoms with Gasteiger partial charge in [-0.15, -0.1) is 0 Å². The van der Waals surface area contributed by atoms with Crippen molar-refractivity contribution in [3.05, 3.63) is 69.3 Å². The van der Waals surface area contributed by atoms with Crippen LogP contribution in [0.2, 0.25) is 0 Å². The van der Waals surface area contributed by atoms with Crippen molar-refractivity contribution in [2.75, 3.05) is 6.61 Å². The number of nitro benzene ring substituents is 1. The Kier molecular flexibility index (Phi) is 6.43. The zero-order chi connectivity index (χ0) is 19.1. The van der Waals surface area contributed by atoms with Gasteiger partial charge in [0.25, 0.3) is 11.6 Å². The van der Waals surface area contributed by atoms with Gasteiger partial charge in [-0.3, -0.25) is 14.9 Å². The van der Waals surface area contributed by atoms with E-state index in [4.69, 9.17) is 4.74 Å². The van der Waals surface area contributed by atoms with Crippen molar-refractivity contribution >= 4 is 17.8 Å². The molecule has 0 aliphatic heterocycles. The van der Waals surface area contributed by atoms with E-state index in [1.54, 1.807) is 12.1 Å². The van der Waals surface area contributed by atoms with E-state index in [1.807, 2.05) is 25.1 Å². The van der Waals surface area contributed by atoms with Gasteiger partial charge >= 0.3 is 0 Å². The van der Waals surface area contributed by atoms with Crippen LogP contribution in [0.25, 0.3) is 0 Å². The van der Waals surface area contributed by atoms with Crippen LogP contribution in [0.15, 0.2) is 47.6 Å². The van der Waals surface area contributed by atoms with Gasteiger partial charge in [0.1, 0.15) is 5.75 Å². The van der Waals surface area contributed by atoms with Crippen molar-refractivity contribution < 1.29 is 14.5 Å². The van der Waals surface area contributed by atoms with E-state index in [0.29, 0.717) is 11.3 Å². The SMILES string of the molecule is Cc1ccc(C(C)C)c(OCC(=O)N/N=C\c2cccc([N+](=O)[O-])c2)c1. The van der Waals surface area contributed by atoms with Crippen LogP contribution in [0.5, 0.6) is 5.75 Å². The van der Waals surface area contributed by atoms with Crippen LogP contribution in [-0.2, 0) is 4.79 Å². The van der Waals surface area contributed by atoms with Gasteiger partial charge in [0.05, 0.1) is 11.1 Å². The largest absolute Gasteiger partial charge is 0.483 e. The monoisotopic (exact) mass is 355 g/mol. The molecule has 26 heavy (non-hydrogen) atoms. The summed E-state index contributed by atoms with van der Waals surface area (Å²) in [6.45, 7) is 5.90. The van der Waals surface area contributed by atoms with E-state index < -0.39 is 10.8 Å². The number of hydrogen-bond acceptors (Lipinski definition) is 5. The minimum atomic E-state index is -0.488. The van der Waals surface area contributed by atoms with Gasteiger partial charge in [0.15, 0.2) is 6.61 Å². The lowest BCUT2D eigenvalue weighted by Gasteiger charge is -2.14. The Bertz CT molecular complexity index is 831. The molecule has 1 amide bonds. The highest BCUT2D eigenvalue weighted by atomic mass is 16.6. The number of nitro groups is 1. The minimum absolute atomic E-state index is 0.0377. The second kappa shape index (κ2) is 8.75. The second-order valence-electron chi connectivity index (χ2n) is 6.13. The third kappa shape index (κ3) is 5.41. The normalized spacial score (nSPS) is 10.9. The number of carbonyl (C=O) groups is 1. The van der Waals surface area contributed by atoms with Gasteiger partial charge in [-0.1, -0.05) is 38.1 Å². The van der Waals surface area contributed by atoms with E-state index in [-0.39, 0.29) is 18.2 Å². The summed E-state index contributed by atoms with van der Waals surface area (Å²) in [5.74, 6) is 0.543. The lowest BCUT2D eigenvalue weighted by molar-refractivity contribution is -0.384. The molecule has 0 radical (unpaired) electrons. The molecule has 0 aliphatic rings. The molecule has 0 heterocycles. The summed E-state index contributed by atoms with van der Waals surface area (Å²) in [7, 11) is 0. The molecular formula is C19H21N3O4. The molecule has 0 saturated carbocycles. The summed E-state index contributed by atoms with van der Waals surface area (Å²) in [6.07, 6.45) is 1.34. The molecule has 0 aliphatic carbocycles. The molecule has 0 spiro atoms. The number of ether oxygens (including phenoxy) is 1. The standard InChI is InChI=1S/C19H21N3O4/c1-13(2)17-8-7-14(3)9-18(17)26-12-19(23)21-20-11-15-5-4-6-16(10-15)22(24)25/h4-11,13H,12H2,1-3H3,(H,21,23)/b20-11-. The molecule has 7 heteroatoms. The van der Waals surface area contributed by atoms with Crippen LogP contribution >= 0.6 is 0 Å². The third-order valence-electron chi connectivity index (χ3n) is 3.63. The van der Waals surface area contributed by atoms with Crippen molar-refractivity contribution in [2.45, 2.75) is 26.7 Å². The number of rotatable bonds is 7. The average molecular weight is 355 g/mol. The molecule has 0 saturated heterocycles. The Morgan fingerprint density at radius 1 is 1.31 bits per heavy atom. The molecule has 2 aromatic carbocycles. The highest BCUT2D eigenvalue weighted by Gasteiger charge is 2.10. The molecule has 0 bridgehead atoms. The van der Waals surface area contributed by atoms with Crippen LogP contribution in [0.1, 0.15) is 36.5 Å². The van der Waals surface area contributed by atoms with Crippen LogP contribution in [0, 0.1) is 17.0 Å². The minimum Gasteiger partial charge on any atom is -0.483 e. The number of hydrogen-bond donors (Lipinski definition) is 1. The maximum Gasteiger partial charge on any atom is 0.277 e. The van der Waals surface area contributed by atoms with Crippen molar-refractivity contribution in [3.8, 4) is 5.75 Å². The lowest BCUT2D eigenvalue weighted by Crippen LogP contribution is -2.25. The molecule has 0 aromatic heterocycles. The topological polar surface area (TPSA) is 93.8 Å². The first-order chi connectivity index (χ1) is 12.4. The van der Waals surface area contributed by atoms with Crippen LogP contribution < -0.4 is 10.2 Å². The summed E-state index contributed by atoms with van der Waals surface area (Å²) in [4.78, 5) is 22.1. The van der Waals surface area contributed by atoms with Crippen LogP contribution in [-0.4, -0.2) is 23.7 Å². The van der Waals surface area contributed by atoms with Gasteiger partial charge in [-0.2, -0.15) is 5.10 Å². The fraction of sp³-hybridized carbons (Fsp3) is 0.263. The highest BCUT2D eigenvalue weighted by Crippen LogP contribution is 2.27. The Balaban J connectivity index is 1.93. The van der Waals surface area contributed by atoms with E-state index in [9.17, 15) is 14.9 Å². The average Bonchev–Trinajstić information content (AvgIpc) is 2.60. The van der Waals surface area contributed by atoms with Gasteiger partial charge in [-0.05, 0) is 30.0 Å². The number of nitrogens with one attached hydrogen (secondary N) is 1. The molecule has 136 valence electrons. The number of amides is 1. The fourth-order valence-corrected chi connectivity index (χ4v) is 2.32. The van der Waals surface area contributed by atoms with Crippen molar-refractivity contribution in [1.29, 1.82) is 0 Å². The first-order valence-corrected chi connectivity index (χ1v) is 8.16. The number of hydrazone groups is 1. The van der Waals surface area contributed by atoms with E-state index in [2.05, 4.69) is 24.4 Å². The first kappa shape index (κ1) is 19.1. The van der Waals surface area contributed by atoms with E-state index in [1.165, 1.54) is 18.3 Å². The molecule has 0 fully saturated rings. The zero-order valence-corrected chi connectivity index (χ0v) is 14.9. The van der Waals surface area contributed by atoms with Gasteiger partial charge in [0.2, 0.25) is 0 Å². The summed E-state index contributed by atoms with van der Waals surface area (Å²) in [6, 6.07) is 11.9. The fourth-order valence-electron chi connectivity index (χ4n) is 2.32. The second-order valence-corrected chi connectivity index (χ2v) is 6.13. The maximum absolute atomic E-state index is 11.9. The van der Waals surface area contributed by atoms with Crippen LogP contribution in [0.4, 0.5) is 5.69 Å². The molecule has 7 nitrogen and oxygen atoms in total. The molecular weight excluding hydrogens is 334 g/mol. The quantitative estimate of drug-likeness (QED) is 0.467. The Hall–Kier alpha value is -3.22. The molecule has 1 N–H and O–H groups in total. The summed E-state index contributed by atoms with van der Waals surface area (Å²) in [5, 5.41) is 14.5. The predicted octanol–water partition coefficient (Wildman–Crippen LogP) is 3.56. The van der Waals surface area contributed by atoms with Crippen molar-refractivity contribution in [1.82, 2.24) is 5.43 Å². The number of nitrogens with zero attached hydrogens (tertiary/aromatic N) is 2. The molecule has 2 rings (SSSR count). The zero-order valence-electron chi connectivity index (χ0n) is 14.9. The summed E-state index contributed by atoms with van der Waals surface area (Å²) < 4.78 is 5.62. The van der Waals surface area contributed by atoms with Gasteiger partial charge < -0.3 is 4.74 Å². The number of benzene rings is 2. The van der Waals surface area contributed by atoms with Crippen molar-refractivity contribution in [2.24, 2.45) is 5.10 Å². The van der Waals surface area contributed by atoms with Crippen molar-refractivity contribution in [3.63, 3.8) is 0 Å².